The molecule has 0 fully saturated rings. The Morgan fingerprint density at radius 1 is 0.600 bits per heavy atom. The second-order valence-corrected chi connectivity index (χ2v) is 31.8. The molecule has 240 valence electrons. The fraction of sp³-hybridized carbons (Fsp3) is 0.970. The molecule has 0 N–H and O–H groups in total. The summed E-state index contributed by atoms with van der Waals surface area (Å²) in [7, 11) is -6.55. The molecular formula is C33H72O4Si3. The van der Waals surface area contributed by atoms with E-state index in [1.54, 1.807) is 6.92 Å². The van der Waals surface area contributed by atoms with Gasteiger partial charge in [0.1, 0.15) is 6.10 Å². The number of Topliss-reactive ketones (excluding diaryl/α,β-unsaturated/α-hetero) is 1. The SMILES string of the molecule is CC(=O)[C@H](O[Si](C(C)C)(C(C)C)C(C)C)[C@@H](O[Si](C(C)C)(C(C)C)C(C)C)[C@H](C)C[C@H](C)O[Si](C)(C)C(C)(C)C. The van der Waals surface area contributed by atoms with Gasteiger partial charge in [-0.05, 0) is 77.6 Å². The summed E-state index contributed by atoms with van der Waals surface area (Å²) in [6.45, 7) is 45.5. The summed E-state index contributed by atoms with van der Waals surface area (Å²) in [5.41, 5.74) is 2.48. The Kier molecular flexibility index (Phi) is 15.3. The number of rotatable bonds is 17. The maximum absolute atomic E-state index is 13.7. The van der Waals surface area contributed by atoms with Gasteiger partial charge in [0, 0.05) is 6.10 Å². The highest BCUT2D eigenvalue weighted by atomic mass is 28.4. The Morgan fingerprint density at radius 3 is 1.20 bits per heavy atom. The zero-order valence-corrected chi connectivity index (χ0v) is 33.6. The van der Waals surface area contributed by atoms with Gasteiger partial charge in [0.2, 0.25) is 16.6 Å². The number of hydrogen-bond donors (Lipinski definition) is 0. The lowest BCUT2D eigenvalue weighted by molar-refractivity contribution is -0.131. The van der Waals surface area contributed by atoms with Crippen LogP contribution in [0.3, 0.4) is 0 Å². The van der Waals surface area contributed by atoms with Gasteiger partial charge >= 0.3 is 0 Å². The third kappa shape index (κ3) is 9.10. The summed E-state index contributed by atoms with van der Waals surface area (Å²) >= 11 is 0. The molecule has 0 saturated heterocycles. The van der Waals surface area contributed by atoms with Crippen LogP contribution >= 0.6 is 0 Å². The van der Waals surface area contributed by atoms with Gasteiger partial charge < -0.3 is 13.3 Å². The quantitative estimate of drug-likeness (QED) is 0.152. The molecule has 40 heavy (non-hydrogen) atoms. The van der Waals surface area contributed by atoms with Crippen molar-refractivity contribution in [2.24, 2.45) is 5.92 Å². The number of ketones is 1. The van der Waals surface area contributed by atoms with Gasteiger partial charge in [0.25, 0.3) is 0 Å². The van der Waals surface area contributed by atoms with Crippen molar-refractivity contribution < 1.29 is 18.1 Å². The van der Waals surface area contributed by atoms with Crippen molar-refractivity contribution >= 4 is 30.7 Å². The zero-order valence-electron chi connectivity index (χ0n) is 30.6. The van der Waals surface area contributed by atoms with Gasteiger partial charge in [-0.3, -0.25) is 4.79 Å². The van der Waals surface area contributed by atoms with E-state index in [2.05, 4.69) is 131 Å². The van der Waals surface area contributed by atoms with Crippen molar-refractivity contribution in [1.82, 2.24) is 0 Å². The maximum atomic E-state index is 13.7. The predicted molar refractivity (Wildman–Crippen MR) is 184 cm³/mol. The van der Waals surface area contributed by atoms with Crippen molar-refractivity contribution in [2.45, 2.75) is 201 Å². The fourth-order valence-electron chi connectivity index (χ4n) is 7.52. The molecule has 0 rings (SSSR count). The lowest BCUT2D eigenvalue weighted by atomic mass is 9.93. The van der Waals surface area contributed by atoms with E-state index < -0.39 is 31.1 Å². The van der Waals surface area contributed by atoms with E-state index in [-0.39, 0.29) is 28.9 Å². The highest BCUT2D eigenvalue weighted by Crippen LogP contribution is 2.47. The highest BCUT2D eigenvalue weighted by Gasteiger charge is 2.53. The molecule has 0 saturated carbocycles. The lowest BCUT2D eigenvalue weighted by Gasteiger charge is -2.50. The minimum Gasteiger partial charge on any atom is -0.414 e. The molecule has 0 spiro atoms. The summed E-state index contributed by atoms with van der Waals surface area (Å²) in [6, 6.07) is 0. The zero-order chi connectivity index (χ0) is 32.2. The fourth-order valence-corrected chi connectivity index (χ4v) is 20.2. The van der Waals surface area contributed by atoms with Crippen molar-refractivity contribution in [3.8, 4) is 0 Å². The van der Waals surface area contributed by atoms with Crippen LogP contribution < -0.4 is 0 Å². The van der Waals surface area contributed by atoms with Crippen LogP contribution in [0.15, 0.2) is 0 Å². The lowest BCUT2D eigenvalue weighted by Crippen LogP contribution is -2.59. The molecule has 0 aromatic carbocycles. The van der Waals surface area contributed by atoms with E-state index in [1.165, 1.54) is 0 Å². The molecule has 0 aliphatic carbocycles. The van der Waals surface area contributed by atoms with E-state index >= 15 is 0 Å². The molecule has 4 nitrogen and oxygen atoms in total. The Morgan fingerprint density at radius 2 is 0.925 bits per heavy atom. The molecule has 0 amide bonds. The van der Waals surface area contributed by atoms with Gasteiger partial charge in [-0.1, -0.05) is 111 Å². The van der Waals surface area contributed by atoms with Crippen LogP contribution in [0.4, 0.5) is 0 Å². The van der Waals surface area contributed by atoms with Crippen LogP contribution in [-0.4, -0.2) is 49.0 Å². The van der Waals surface area contributed by atoms with Crippen molar-refractivity contribution in [3.05, 3.63) is 0 Å². The highest BCUT2D eigenvalue weighted by molar-refractivity contribution is 6.78. The molecule has 4 atom stereocenters. The second kappa shape index (κ2) is 15.3. The van der Waals surface area contributed by atoms with Crippen molar-refractivity contribution in [3.63, 3.8) is 0 Å². The summed E-state index contributed by atoms with van der Waals surface area (Å²) in [6.07, 6.45) is 0.0926. The van der Waals surface area contributed by atoms with Crippen LogP contribution in [0, 0.1) is 5.92 Å². The number of hydrogen-bond acceptors (Lipinski definition) is 4. The van der Waals surface area contributed by atoms with Gasteiger partial charge in [-0.2, -0.15) is 0 Å². The first-order valence-electron chi connectivity index (χ1n) is 16.4. The van der Waals surface area contributed by atoms with Gasteiger partial charge in [0.15, 0.2) is 14.1 Å². The molecule has 0 bridgehead atoms. The minimum atomic E-state index is -2.33. The van der Waals surface area contributed by atoms with Crippen molar-refractivity contribution in [1.29, 1.82) is 0 Å². The summed E-state index contributed by atoms with van der Waals surface area (Å²) in [5, 5.41) is 0.150. The standard InChI is InChI=1S/C33H72O4Si3/c1-22(2)39(23(3)4,24(5)6)36-31(28(13)21-29(14)35-38(19,20)33(16,17)18)32(30(15)34)37-40(25(7)8,26(9)10)27(11)12/h22-29,31-32H,21H2,1-20H3/t28-,29+,31+,32+/m1/s1. The van der Waals surface area contributed by atoms with Crippen LogP contribution in [0.2, 0.25) is 51.4 Å². The smallest absolute Gasteiger partial charge is 0.201 e. The molecule has 0 heterocycles. The number of carbonyl (C=O) groups excluding carboxylic acids is 1. The van der Waals surface area contributed by atoms with Gasteiger partial charge in [-0.15, -0.1) is 0 Å². The molecule has 0 unspecified atom stereocenters. The maximum Gasteiger partial charge on any atom is 0.201 e. The topological polar surface area (TPSA) is 44.8 Å². The first-order chi connectivity index (χ1) is 17.8. The molecule has 0 aromatic rings. The first kappa shape index (κ1) is 40.2. The Hall–Kier alpha value is 0.201. The average molecular weight is 617 g/mol. The minimum absolute atomic E-state index is 0.0881. The normalized spacial score (nSPS) is 17.4. The summed E-state index contributed by atoms with van der Waals surface area (Å²) < 4.78 is 21.7. The van der Waals surface area contributed by atoms with E-state index in [1.807, 2.05) is 0 Å². The van der Waals surface area contributed by atoms with Crippen molar-refractivity contribution in [2.75, 3.05) is 0 Å². The summed E-state index contributed by atoms with van der Waals surface area (Å²) in [4.78, 5) is 13.7. The molecule has 7 heteroatoms. The average Bonchev–Trinajstić information content (AvgIpc) is 2.72. The molecule has 0 aliphatic rings. The monoisotopic (exact) mass is 616 g/mol. The van der Waals surface area contributed by atoms with E-state index in [0.717, 1.165) is 6.42 Å². The van der Waals surface area contributed by atoms with Crippen LogP contribution in [-0.2, 0) is 18.1 Å². The third-order valence-corrected chi connectivity index (χ3v) is 27.1. The van der Waals surface area contributed by atoms with Crippen LogP contribution in [0.5, 0.6) is 0 Å². The second-order valence-electron chi connectivity index (χ2n) is 16.3. The summed E-state index contributed by atoms with van der Waals surface area (Å²) in [5.74, 6) is 0.225. The Labute approximate surface area is 254 Å². The Bertz CT molecular complexity index is 725. The molecule has 0 aliphatic heterocycles. The van der Waals surface area contributed by atoms with Gasteiger partial charge in [0.05, 0.1) is 6.10 Å². The largest absolute Gasteiger partial charge is 0.414 e. The van der Waals surface area contributed by atoms with Crippen LogP contribution in [0.25, 0.3) is 0 Å². The van der Waals surface area contributed by atoms with E-state index in [0.29, 0.717) is 33.2 Å². The van der Waals surface area contributed by atoms with Gasteiger partial charge in [-0.25, -0.2) is 0 Å². The number of carbonyl (C=O) groups is 1. The first-order valence-corrected chi connectivity index (χ1v) is 23.5. The molecular weight excluding hydrogens is 545 g/mol. The predicted octanol–water partition coefficient (Wildman–Crippen LogP) is 11.1. The van der Waals surface area contributed by atoms with E-state index in [9.17, 15) is 4.79 Å². The van der Waals surface area contributed by atoms with E-state index in [4.69, 9.17) is 13.3 Å². The molecule has 0 radical (unpaired) electrons. The van der Waals surface area contributed by atoms with Crippen LogP contribution in [0.1, 0.15) is 131 Å². The Balaban J connectivity index is 6.97. The third-order valence-electron chi connectivity index (χ3n) is 10.4. The molecule has 0 aromatic heterocycles.